The van der Waals surface area contributed by atoms with E-state index in [-0.39, 0.29) is 90.5 Å². The molecule has 5 rings (SSSR count). The Bertz CT molecular complexity index is 1970. The van der Waals surface area contributed by atoms with Gasteiger partial charge in [-0.3, -0.25) is 14.4 Å². The number of aliphatic hydroxyl groups excluding tert-OH is 1. The molecule has 0 unspecified atom stereocenters. The molecule has 4 aromatic rings. The first-order valence-electron chi connectivity index (χ1n) is 15.2. The van der Waals surface area contributed by atoms with Gasteiger partial charge in [-0.05, 0) is 31.5 Å². The van der Waals surface area contributed by atoms with Gasteiger partial charge in [-0.15, -0.1) is 0 Å². The summed E-state index contributed by atoms with van der Waals surface area (Å²) in [5, 5.41) is 22.0. The number of halogens is 4. The summed E-state index contributed by atoms with van der Waals surface area (Å²) in [4.78, 5) is 62.5. The number of anilines is 3. The average Bonchev–Trinajstić information content (AvgIpc) is 3.07. The first-order valence-corrected chi connectivity index (χ1v) is 15.6. The van der Waals surface area contributed by atoms with E-state index in [9.17, 15) is 37.8 Å². The molecule has 18 heteroatoms. The lowest BCUT2D eigenvalue weighted by atomic mass is 10.1. The smallest absolute Gasteiger partial charge is 0.416 e. The van der Waals surface area contributed by atoms with Gasteiger partial charge in [-0.1, -0.05) is 18.5 Å². The van der Waals surface area contributed by atoms with Gasteiger partial charge in [0.05, 0.1) is 34.8 Å². The molecule has 1 aliphatic heterocycles. The van der Waals surface area contributed by atoms with E-state index < -0.39 is 35.5 Å². The third kappa shape index (κ3) is 7.22. The number of amides is 2. The number of aromatic nitrogens is 5. The molecule has 1 aromatic carbocycles. The van der Waals surface area contributed by atoms with Crippen molar-refractivity contribution < 1.29 is 33.0 Å². The van der Waals surface area contributed by atoms with E-state index in [1.165, 1.54) is 22.0 Å². The van der Waals surface area contributed by atoms with Crippen molar-refractivity contribution in [2.75, 3.05) is 61.5 Å². The van der Waals surface area contributed by atoms with Gasteiger partial charge in [0.2, 0.25) is 11.3 Å². The van der Waals surface area contributed by atoms with Crippen LogP contribution in [0.1, 0.15) is 34.4 Å². The van der Waals surface area contributed by atoms with Crippen molar-refractivity contribution in [1.29, 1.82) is 0 Å². The quantitative estimate of drug-likeness (QED) is 0.234. The molecule has 1 saturated heterocycles. The van der Waals surface area contributed by atoms with Gasteiger partial charge >= 0.3 is 6.18 Å². The van der Waals surface area contributed by atoms with Gasteiger partial charge in [-0.2, -0.15) is 13.2 Å². The van der Waals surface area contributed by atoms with E-state index in [2.05, 4.69) is 25.3 Å². The van der Waals surface area contributed by atoms with Crippen LogP contribution in [0.2, 0.25) is 5.02 Å². The number of hydrogen-bond acceptors (Lipinski definition) is 11. The lowest BCUT2D eigenvalue weighted by Crippen LogP contribution is -2.50. The third-order valence-electron chi connectivity index (χ3n) is 8.15. The number of pyridine rings is 1. The molecule has 0 atom stereocenters. The number of nitrogens with one attached hydrogen (secondary N) is 1. The van der Waals surface area contributed by atoms with Crippen LogP contribution in [0.15, 0.2) is 35.5 Å². The van der Waals surface area contributed by atoms with Gasteiger partial charge in [-0.25, -0.2) is 19.9 Å². The lowest BCUT2D eigenvalue weighted by Gasteiger charge is -2.37. The maximum atomic E-state index is 14.2. The number of benzene rings is 1. The summed E-state index contributed by atoms with van der Waals surface area (Å²) in [6.45, 7) is 3.78. The fourth-order valence-corrected chi connectivity index (χ4v) is 5.79. The number of hydrogen-bond donors (Lipinski definition) is 3. The molecule has 0 aliphatic carbocycles. The number of aliphatic hydroxyl groups is 1. The van der Waals surface area contributed by atoms with Crippen LogP contribution in [0.25, 0.3) is 11.2 Å². The Kier molecular flexibility index (Phi) is 10.2. The molecule has 0 radical (unpaired) electrons. The number of rotatable bonds is 9. The molecule has 260 valence electrons. The molecule has 4 heterocycles. The van der Waals surface area contributed by atoms with Crippen molar-refractivity contribution in [1.82, 2.24) is 29.4 Å². The van der Waals surface area contributed by atoms with Gasteiger partial charge in [0.1, 0.15) is 24.4 Å². The second kappa shape index (κ2) is 14.2. The highest BCUT2D eigenvalue weighted by atomic mass is 35.5. The van der Waals surface area contributed by atoms with Crippen LogP contribution < -0.4 is 20.5 Å². The van der Waals surface area contributed by atoms with Crippen molar-refractivity contribution in [3.8, 4) is 5.75 Å². The molecule has 3 aromatic heterocycles. The van der Waals surface area contributed by atoms with Crippen LogP contribution in [0, 0.1) is 6.92 Å². The summed E-state index contributed by atoms with van der Waals surface area (Å²) in [5.41, 5.74) is -0.576. The molecule has 1 aliphatic rings. The van der Waals surface area contributed by atoms with Crippen LogP contribution in [0.3, 0.4) is 0 Å². The molecule has 0 saturated carbocycles. The largest absolute Gasteiger partial charge is 0.504 e. The van der Waals surface area contributed by atoms with Gasteiger partial charge < -0.3 is 34.8 Å². The number of aromatic hydroxyl groups is 1. The monoisotopic (exact) mass is 703 g/mol. The number of nitrogens with zero attached hydrogens (tertiary/aromatic N) is 8. The van der Waals surface area contributed by atoms with Crippen molar-refractivity contribution in [2.24, 2.45) is 0 Å². The molecule has 0 spiro atoms. The fraction of sp³-hybridized carbons (Fsp3) is 0.387. The second-order valence-electron chi connectivity index (χ2n) is 11.3. The minimum atomic E-state index is -4.62. The molecule has 0 bridgehead atoms. The van der Waals surface area contributed by atoms with E-state index in [0.717, 1.165) is 18.2 Å². The predicted octanol–water partition coefficient (Wildman–Crippen LogP) is 2.86. The first kappa shape index (κ1) is 35.3. The Morgan fingerprint density at radius 1 is 1.12 bits per heavy atom. The number of likely N-dealkylation sites (N-methyl/N-ethyl adjacent to an activating group) is 1. The molecular formula is C31H33ClF3N9O5. The summed E-state index contributed by atoms with van der Waals surface area (Å²) in [5.74, 6) is -1.14. The number of carbonyl (C=O) groups excluding carboxylic acids is 2. The summed E-state index contributed by atoms with van der Waals surface area (Å²) in [7, 11) is 1.67. The molecule has 14 nitrogen and oxygen atoms in total. The Balaban J connectivity index is 1.51. The Labute approximate surface area is 282 Å². The summed E-state index contributed by atoms with van der Waals surface area (Å²) in [6, 6.07) is 2.58. The Morgan fingerprint density at radius 3 is 2.47 bits per heavy atom. The van der Waals surface area contributed by atoms with Crippen LogP contribution in [-0.4, -0.2) is 97.8 Å². The van der Waals surface area contributed by atoms with Gasteiger partial charge in [0.15, 0.2) is 22.6 Å². The average molecular weight is 704 g/mol. The highest BCUT2D eigenvalue weighted by Gasteiger charge is 2.32. The van der Waals surface area contributed by atoms with E-state index in [4.69, 9.17) is 11.6 Å². The van der Waals surface area contributed by atoms with Crippen molar-refractivity contribution in [3.05, 3.63) is 68.6 Å². The predicted molar refractivity (Wildman–Crippen MR) is 175 cm³/mol. The molecular weight excluding hydrogens is 671 g/mol. The second-order valence-corrected chi connectivity index (χ2v) is 11.7. The third-order valence-corrected chi connectivity index (χ3v) is 8.46. The van der Waals surface area contributed by atoms with Crippen molar-refractivity contribution in [3.63, 3.8) is 0 Å². The number of alkyl halides is 3. The minimum absolute atomic E-state index is 0.0343. The van der Waals surface area contributed by atoms with E-state index in [1.807, 2.05) is 0 Å². The molecule has 49 heavy (non-hydrogen) atoms. The zero-order chi connectivity index (χ0) is 35.6. The lowest BCUT2D eigenvalue weighted by molar-refractivity contribution is -0.137. The normalized spacial score (nSPS) is 13.6. The topological polar surface area (TPSA) is 170 Å². The van der Waals surface area contributed by atoms with Crippen LogP contribution in [0.5, 0.6) is 5.75 Å². The molecule has 1 fully saturated rings. The number of piperazine rings is 1. The van der Waals surface area contributed by atoms with Crippen LogP contribution >= 0.6 is 11.6 Å². The summed E-state index contributed by atoms with van der Waals surface area (Å²) < 4.78 is 41.0. The van der Waals surface area contributed by atoms with E-state index in [0.29, 0.717) is 11.5 Å². The Morgan fingerprint density at radius 2 is 1.84 bits per heavy atom. The summed E-state index contributed by atoms with van der Waals surface area (Å²) in [6.07, 6.45) is -1.74. The highest BCUT2D eigenvalue weighted by molar-refractivity contribution is 6.33. The van der Waals surface area contributed by atoms with E-state index in [1.54, 1.807) is 30.7 Å². The number of aryl methyl sites for hydroxylation is 1. The minimum Gasteiger partial charge on any atom is -0.504 e. The van der Waals surface area contributed by atoms with Crippen molar-refractivity contribution in [2.45, 2.75) is 33.0 Å². The first-order chi connectivity index (χ1) is 23.2. The maximum Gasteiger partial charge on any atom is 0.416 e. The summed E-state index contributed by atoms with van der Waals surface area (Å²) >= 11 is 6.08. The SMILES string of the molecule is CCc1c(N2CCN(C(=O)c3ncnc(C)c3O)CC2)c(=O)c2nc(N(C)CCO)cnc2n1CC(=O)Nc1ccc(C(F)(F)F)cc1Cl. The van der Waals surface area contributed by atoms with Gasteiger partial charge in [0.25, 0.3) is 5.91 Å². The fourth-order valence-electron chi connectivity index (χ4n) is 5.56. The van der Waals surface area contributed by atoms with E-state index >= 15 is 0 Å². The zero-order valence-electron chi connectivity index (χ0n) is 26.8. The standard InChI is InChI=1S/C31H33ClF3N9O5/c1-4-21-26(42-7-9-43(10-8-42)30(49)25-27(47)17(2)37-16-38-25)28(48)24-29(36-14-22(40-24)41(3)11-12-45)44(21)15-23(46)39-20-6-5-18(13-19(20)32)31(33,34)35/h5-6,13-14,16,45,47H,4,7-12,15H2,1-3H3,(H,39,46). The molecule has 2 amide bonds. The number of carbonyl (C=O) groups is 2. The maximum absolute atomic E-state index is 14.2. The van der Waals surface area contributed by atoms with Crippen LogP contribution in [0.4, 0.5) is 30.4 Å². The van der Waals surface area contributed by atoms with Crippen LogP contribution in [-0.2, 0) is 23.9 Å². The highest BCUT2D eigenvalue weighted by Crippen LogP contribution is 2.34. The Hall–Kier alpha value is -5.03. The zero-order valence-corrected chi connectivity index (χ0v) is 27.5. The molecule has 3 N–H and O–H groups in total. The number of fused-ring (bicyclic) bond motifs is 1. The van der Waals surface area contributed by atoms with Crippen molar-refractivity contribution >= 4 is 51.8 Å². The van der Waals surface area contributed by atoms with Gasteiger partial charge in [0, 0.05) is 45.5 Å².